The van der Waals surface area contributed by atoms with Crippen molar-refractivity contribution in [3.8, 4) is 0 Å². The van der Waals surface area contributed by atoms with Crippen molar-refractivity contribution in [3.63, 3.8) is 0 Å². The van der Waals surface area contributed by atoms with Crippen LogP contribution in [0.1, 0.15) is 58.4 Å². The van der Waals surface area contributed by atoms with E-state index in [1.54, 1.807) is 0 Å². The quantitative estimate of drug-likeness (QED) is 0.348. The van der Waals surface area contributed by atoms with Crippen LogP contribution in [-0.4, -0.2) is 29.7 Å². The van der Waals surface area contributed by atoms with Crippen molar-refractivity contribution in [2.24, 2.45) is 23.3 Å². The standard InChI is InChI=1S/C11H22O2.C10H15N3O/c1-4-5-6-7-10(11(12)13)8-9(2)3;11-7-13-10(14)9(12)6-8-4-2-1-3-5-8/h9-10H,4-8H2,1-3H3,(H,12,13);1-5,9H,6-7,11-12H2,(H,13,14). The maximum atomic E-state index is 11.2. The van der Waals surface area contributed by atoms with Crippen LogP contribution in [0.4, 0.5) is 0 Å². The SMILES string of the molecule is CCCCCC(CC(C)C)C(=O)O.NCNC(=O)C(N)Cc1ccccc1. The molecular weight excluding hydrogens is 342 g/mol. The molecule has 1 aromatic rings. The minimum atomic E-state index is -0.621. The number of carboxylic acids is 1. The predicted octanol–water partition coefficient (Wildman–Crippen LogP) is 2.90. The summed E-state index contributed by atoms with van der Waals surface area (Å²) in [6.45, 7) is 6.42. The summed E-state index contributed by atoms with van der Waals surface area (Å²) in [7, 11) is 0. The molecule has 6 N–H and O–H groups in total. The van der Waals surface area contributed by atoms with Crippen molar-refractivity contribution in [2.75, 3.05) is 6.67 Å². The normalized spacial score (nSPS) is 12.7. The van der Waals surface area contributed by atoms with Crippen LogP contribution in [0.3, 0.4) is 0 Å². The molecule has 0 fully saturated rings. The molecule has 0 radical (unpaired) electrons. The van der Waals surface area contributed by atoms with Crippen LogP contribution in [0, 0.1) is 11.8 Å². The monoisotopic (exact) mass is 379 g/mol. The molecule has 1 amide bonds. The lowest BCUT2D eigenvalue weighted by Crippen LogP contribution is -2.44. The summed E-state index contributed by atoms with van der Waals surface area (Å²) in [5.41, 5.74) is 11.9. The molecule has 2 atom stereocenters. The Labute approximate surface area is 163 Å². The van der Waals surface area contributed by atoms with E-state index in [1.807, 2.05) is 30.3 Å². The number of amides is 1. The minimum Gasteiger partial charge on any atom is -0.481 e. The van der Waals surface area contributed by atoms with Crippen molar-refractivity contribution in [3.05, 3.63) is 35.9 Å². The highest BCUT2D eigenvalue weighted by Gasteiger charge is 2.17. The molecule has 154 valence electrons. The maximum Gasteiger partial charge on any atom is 0.306 e. The Kier molecular flexibility index (Phi) is 14.1. The van der Waals surface area contributed by atoms with Crippen LogP contribution in [0.15, 0.2) is 30.3 Å². The van der Waals surface area contributed by atoms with Gasteiger partial charge < -0.3 is 21.9 Å². The smallest absolute Gasteiger partial charge is 0.306 e. The molecule has 0 aliphatic rings. The van der Waals surface area contributed by atoms with Gasteiger partial charge in [-0.1, -0.05) is 70.4 Å². The molecular formula is C21H37N3O3. The van der Waals surface area contributed by atoms with Crippen molar-refractivity contribution >= 4 is 11.9 Å². The second-order valence-corrected chi connectivity index (χ2v) is 7.20. The molecule has 0 saturated carbocycles. The van der Waals surface area contributed by atoms with E-state index in [-0.39, 0.29) is 18.5 Å². The molecule has 0 aliphatic heterocycles. The van der Waals surface area contributed by atoms with Crippen LogP contribution in [-0.2, 0) is 16.0 Å². The van der Waals surface area contributed by atoms with E-state index in [1.165, 1.54) is 0 Å². The Balaban J connectivity index is 0.000000503. The van der Waals surface area contributed by atoms with Gasteiger partial charge in [0.05, 0.1) is 18.6 Å². The van der Waals surface area contributed by atoms with Crippen LogP contribution < -0.4 is 16.8 Å². The van der Waals surface area contributed by atoms with Crippen LogP contribution in [0.5, 0.6) is 0 Å². The summed E-state index contributed by atoms with van der Waals surface area (Å²) in [6.07, 6.45) is 5.57. The zero-order valence-corrected chi connectivity index (χ0v) is 17.0. The summed E-state index contributed by atoms with van der Waals surface area (Å²) >= 11 is 0. The predicted molar refractivity (Wildman–Crippen MR) is 110 cm³/mol. The number of aliphatic carboxylic acids is 1. The Morgan fingerprint density at radius 3 is 2.26 bits per heavy atom. The second-order valence-electron chi connectivity index (χ2n) is 7.20. The summed E-state index contributed by atoms with van der Waals surface area (Å²) in [5.74, 6) is -0.463. The lowest BCUT2D eigenvalue weighted by molar-refractivity contribution is -0.142. The van der Waals surface area contributed by atoms with E-state index in [2.05, 4.69) is 26.1 Å². The van der Waals surface area contributed by atoms with Gasteiger partial charge in [-0.2, -0.15) is 0 Å². The summed E-state index contributed by atoms with van der Waals surface area (Å²) in [6, 6.07) is 9.12. The van der Waals surface area contributed by atoms with E-state index in [0.29, 0.717) is 12.3 Å². The lowest BCUT2D eigenvalue weighted by Gasteiger charge is -2.13. The average Bonchev–Trinajstić information content (AvgIpc) is 2.62. The fraction of sp³-hybridized carbons (Fsp3) is 0.619. The number of nitrogens with two attached hydrogens (primary N) is 2. The van der Waals surface area contributed by atoms with Gasteiger partial charge in [0.2, 0.25) is 5.91 Å². The number of unbranched alkanes of at least 4 members (excludes halogenated alkanes) is 2. The summed E-state index contributed by atoms with van der Waals surface area (Å²) in [5, 5.41) is 11.4. The van der Waals surface area contributed by atoms with Gasteiger partial charge in [0.15, 0.2) is 0 Å². The fourth-order valence-electron chi connectivity index (χ4n) is 2.74. The highest BCUT2D eigenvalue weighted by molar-refractivity contribution is 5.81. The van der Waals surface area contributed by atoms with Crippen LogP contribution >= 0.6 is 0 Å². The summed E-state index contributed by atoms with van der Waals surface area (Å²) < 4.78 is 0. The highest BCUT2D eigenvalue weighted by Crippen LogP contribution is 2.18. The Bertz CT molecular complexity index is 521. The first-order valence-electron chi connectivity index (χ1n) is 9.81. The third kappa shape index (κ3) is 13.0. The van der Waals surface area contributed by atoms with Crippen molar-refractivity contribution in [2.45, 2.75) is 65.3 Å². The molecule has 6 nitrogen and oxygen atoms in total. The molecule has 1 aromatic carbocycles. The van der Waals surface area contributed by atoms with Crippen LogP contribution in [0.25, 0.3) is 0 Å². The first-order chi connectivity index (χ1) is 12.8. The first kappa shape index (κ1) is 25.1. The number of carboxylic acid groups (broad SMARTS) is 1. The van der Waals surface area contributed by atoms with Crippen molar-refractivity contribution in [1.29, 1.82) is 0 Å². The topological polar surface area (TPSA) is 118 Å². The summed E-state index contributed by atoms with van der Waals surface area (Å²) in [4.78, 5) is 22.1. The molecule has 2 unspecified atom stereocenters. The van der Waals surface area contributed by atoms with Gasteiger partial charge in [0.25, 0.3) is 0 Å². The van der Waals surface area contributed by atoms with Gasteiger partial charge in [-0.15, -0.1) is 0 Å². The molecule has 27 heavy (non-hydrogen) atoms. The van der Waals surface area contributed by atoms with E-state index < -0.39 is 12.0 Å². The van der Waals surface area contributed by atoms with E-state index >= 15 is 0 Å². The van der Waals surface area contributed by atoms with E-state index in [0.717, 1.165) is 37.7 Å². The molecule has 0 aromatic heterocycles. The van der Waals surface area contributed by atoms with Crippen molar-refractivity contribution < 1.29 is 14.7 Å². The third-order valence-electron chi connectivity index (χ3n) is 4.17. The number of carbonyl (C=O) groups excluding carboxylic acids is 1. The fourth-order valence-corrected chi connectivity index (χ4v) is 2.74. The van der Waals surface area contributed by atoms with Gasteiger partial charge >= 0.3 is 5.97 Å². The van der Waals surface area contributed by atoms with Crippen molar-refractivity contribution in [1.82, 2.24) is 5.32 Å². The minimum absolute atomic E-state index is 0.119. The number of nitrogens with one attached hydrogen (secondary N) is 1. The average molecular weight is 380 g/mol. The van der Waals surface area contributed by atoms with Gasteiger partial charge in [-0.05, 0) is 30.7 Å². The first-order valence-corrected chi connectivity index (χ1v) is 9.81. The zero-order chi connectivity index (χ0) is 20.7. The third-order valence-corrected chi connectivity index (χ3v) is 4.17. The number of benzene rings is 1. The van der Waals surface area contributed by atoms with Gasteiger partial charge in [-0.3, -0.25) is 9.59 Å². The van der Waals surface area contributed by atoms with E-state index in [9.17, 15) is 9.59 Å². The van der Waals surface area contributed by atoms with Gasteiger partial charge in [-0.25, -0.2) is 0 Å². The molecule has 1 rings (SSSR count). The molecule has 0 aliphatic carbocycles. The van der Waals surface area contributed by atoms with Gasteiger partial charge in [0, 0.05) is 0 Å². The second kappa shape index (κ2) is 15.2. The zero-order valence-electron chi connectivity index (χ0n) is 17.0. The number of carbonyl (C=O) groups is 2. The Morgan fingerprint density at radius 1 is 1.15 bits per heavy atom. The molecule has 6 heteroatoms. The lowest BCUT2D eigenvalue weighted by atomic mass is 9.92. The Morgan fingerprint density at radius 2 is 1.78 bits per heavy atom. The molecule has 0 heterocycles. The highest BCUT2D eigenvalue weighted by atomic mass is 16.4. The maximum absolute atomic E-state index is 11.2. The molecule has 0 spiro atoms. The molecule has 0 bridgehead atoms. The van der Waals surface area contributed by atoms with Gasteiger partial charge in [0.1, 0.15) is 0 Å². The Hall–Kier alpha value is -1.92. The van der Waals surface area contributed by atoms with Crippen LogP contribution in [0.2, 0.25) is 0 Å². The largest absolute Gasteiger partial charge is 0.481 e. The molecule has 0 saturated heterocycles. The number of rotatable bonds is 11. The number of hydrogen-bond acceptors (Lipinski definition) is 4. The van der Waals surface area contributed by atoms with E-state index in [4.69, 9.17) is 16.6 Å². The number of hydrogen-bond donors (Lipinski definition) is 4.